The predicted molar refractivity (Wildman–Crippen MR) is 99.5 cm³/mol. The van der Waals surface area contributed by atoms with E-state index in [-0.39, 0.29) is 18.8 Å². The molecule has 136 valence electrons. The van der Waals surface area contributed by atoms with Gasteiger partial charge in [0.25, 0.3) is 0 Å². The Morgan fingerprint density at radius 3 is 2.62 bits per heavy atom. The largest absolute Gasteiger partial charge is 0.464 e. The number of rotatable bonds is 6. The maximum Gasteiger partial charge on any atom is 0.310 e. The van der Waals surface area contributed by atoms with E-state index in [0.717, 1.165) is 34.3 Å². The van der Waals surface area contributed by atoms with Crippen molar-refractivity contribution in [1.82, 2.24) is 4.57 Å². The van der Waals surface area contributed by atoms with E-state index >= 15 is 0 Å². The molecule has 0 N–H and O–H groups in total. The van der Waals surface area contributed by atoms with Gasteiger partial charge in [-0.1, -0.05) is 19.1 Å². The molecule has 26 heavy (non-hydrogen) atoms. The highest BCUT2D eigenvalue weighted by molar-refractivity contribution is 5.99. The summed E-state index contributed by atoms with van der Waals surface area (Å²) in [7, 11) is 1.90. The standard InChI is InChI=1S/C21H23NO4/c1-5-15-6-7-17-16(11-25-20(17)9-15)10-21(24)26-12-19(23)18-8-13(2)22(4)14(18)3/h6-9,11H,5,10,12H2,1-4H3. The van der Waals surface area contributed by atoms with Crippen molar-refractivity contribution in [3.63, 3.8) is 0 Å². The molecule has 0 amide bonds. The van der Waals surface area contributed by atoms with Crippen molar-refractivity contribution in [1.29, 1.82) is 0 Å². The van der Waals surface area contributed by atoms with E-state index in [2.05, 4.69) is 6.92 Å². The third-order valence-electron chi connectivity index (χ3n) is 4.90. The quantitative estimate of drug-likeness (QED) is 0.498. The first-order chi connectivity index (χ1) is 12.4. The fraction of sp³-hybridized carbons (Fsp3) is 0.333. The highest BCUT2D eigenvalue weighted by Crippen LogP contribution is 2.23. The summed E-state index contributed by atoms with van der Waals surface area (Å²) < 4.78 is 12.7. The molecule has 5 heteroatoms. The zero-order valence-corrected chi connectivity index (χ0v) is 15.6. The molecule has 0 aliphatic heterocycles. The summed E-state index contributed by atoms with van der Waals surface area (Å²) in [5, 5.41) is 0.903. The number of hydrogen-bond acceptors (Lipinski definition) is 4. The van der Waals surface area contributed by atoms with Crippen LogP contribution >= 0.6 is 0 Å². The predicted octanol–water partition coefficient (Wildman–Crippen LogP) is 3.92. The highest BCUT2D eigenvalue weighted by Gasteiger charge is 2.17. The number of ketones is 1. The fourth-order valence-corrected chi connectivity index (χ4v) is 3.05. The summed E-state index contributed by atoms with van der Waals surface area (Å²) in [6, 6.07) is 7.78. The van der Waals surface area contributed by atoms with Gasteiger partial charge in [0.15, 0.2) is 6.61 Å². The van der Waals surface area contributed by atoms with Crippen LogP contribution in [0.4, 0.5) is 0 Å². The Bertz CT molecular complexity index is 977. The first kappa shape index (κ1) is 18.0. The van der Waals surface area contributed by atoms with Crippen LogP contribution in [0.25, 0.3) is 11.0 Å². The third-order valence-corrected chi connectivity index (χ3v) is 4.90. The number of Topliss-reactive ketones (excluding diaryl/α,β-unsaturated/α-hetero) is 1. The van der Waals surface area contributed by atoms with Gasteiger partial charge in [-0.25, -0.2) is 0 Å². The van der Waals surface area contributed by atoms with Crippen molar-refractivity contribution in [2.45, 2.75) is 33.6 Å². The Morgan fingerprint density at radius 1 is 1.19 bits per heavy atom. The number of furan rings is 1. The summed E-state index contributed by atoms with van der Waals surface area (Å²) in [6.07, 6.45) is 2.59. The number of aryl methyl sites for hydroxylation is 2. The lowest BCUT2D eigenvalue weighted by molar-refractivity contribution is -0.141. The number of hydrogen-bond donors (Lipinski definition) is 0. The number of carbonyl (C=O) groups excluding carboxylic acids is 2. The van der Waals surface area contributed by atoms with E-state index in [0.29, 0.717) is 5.56 Å². The molecule has 0 radical (unpaired) electrons. The molecule has 5 nitrogen and oxygen atoms in total. The molecule has 3 aromatic rings. The van der Waals surface area contributed by atoms with Crippen molar-refractivity contribution >= 4 is 22.7 Å². The van der Waals surface area contributed by atoms with Crippen LogP contribution in [0, 0.1) is 13.8 Å². The zero-order chi connectivity index (χ0) is 18.8. The third kappa shape index (κ3) is 3.43. The smallest absolute Gasteiger partial charge is 0.310 e. The van der Waals surface area contributed by atoms with Gasteiger partial charge >= 0.3 is 5.97 Å². The van der Waals surface area contributed by atoms with Crippen molar-refractivity contribution in [2.24, 2.45) is 7.05 Å². The molecule has 0 saturated carbocycles. The van der Waals surface area contributed by atoms with Crippen LogP contribution in [0.5, 0.6) is 0 Å². The average Bonchev–Trinajstić information content (AvgIpc) is 3.15. The average molecular weight is 353 g/mol. The van der Waals surface area contributed by atoms with Gasteiger partial charge in [-0.2, -0.15) is 0 Å². The van der Waals surface area contributed by atoms with Gasteiger partial charge < -0.3 is 13.7 Å². The molecule has 0 fully saturated rings. The number of ether oxygens (including phenoxy) is 1. The topological polar surface area (TPSA) is 61.4 Å². The minimum absolute atomic E-state index is 0.0819. The molecule has 0 saturated heterocycles. The van der Waals surface area contributed by atoms with E-state index in [4.69, 9.17) is 9.15 Å². The second kappa shape index (κ2) is 7.20. The Balaban J connectivity index is 1.64. The van der Waals surface area contributed by atoms with Crippen molar-refractivity contribution in [3.05, 3.63) is 58.6 Å². The van der Waals surface area contributed by atoms with E-state index in [1.807, 2.05) is 49.7 Å². The molecule has 0 atom stereocenters. The number of nitrogens with zero attached hydrogens (tertiary/aromatic N) is 1. The van der Waals surface area contributed by atoms with Gasteiger partial charge in [-0.15, -0.1) is 0 Å². The number of esters is 1. The van der Waals surface area contributed by atoms with Gasteiger partial charge in [-0.3, -0.25) is 9.59 Å². The summed E-state index contributed by atoms with van der Waals surface area (Å²) >= 11 is 0. The maximum atomic E-state index is 12.3. The van der Waals surface area contributed by atoms with E-state index in [1.54, 1.807) is 6.26 Å². The monoisotopic (exact) mass is 353 g/mol. The molecule has 3 rings (SSSR count). The minimum Gasteiger partial charge on any atom is -0.464 e. The van der Waals surface area contributed by atoms with Crippen LogP contribution in [0.15, 0.2) is 34.9 Å². The molecule has 0 spiro atoms. The first-order valence-electron chi connectivity index (χ1n) is 8.71. The van der Waals surface area contributed by atoms with E-state index < -0.39 is 5.97 Å². The first-order valence-corrected chi connectivity index (χ1v) is 8.71. The Hall–Kier alpha value is -2.82. The Morgan fingerprint density at radius 2 is 1.96 bits per heavy atom. The van der Waals surface area contributed by atoms with Gasteiger partial charge in [0, 0.05) is 34.9 Å². The van der Waals surface area contributed by atoms with Crippen LogP contribution in [-0.4, -0.2) is 22.9 Å². The molecular weight excluding hydrogens is 330 g/mol. The molecule has 0 unspecified atom stereocenters. The molecule has 0 bridgehead atoms. The Labute approximate surface area is 152 Å². The van der Waals surface area contributed by atoms with Gasteiger partial charge in [0.05, 0.1) is 12.7 Å². The number of aromatic nitrogens is 1. The molecule has 0 aliphatic carbocycles. The highest BCUT2D eigenvalue weighted by atomic mass is 16.5. The van der Waals surface area contributed by atoms with Crippen LogP contribution in [0.3, 0.4) is 0 Å². The summed E-state index contributed by atoms with van der Waals surface area (Å²) in [6.45, 7) is 5.64. The molecule has 0 aliphatic rings. The van der Waals surface area contributed by atoms with Crippen LogP contribution in [-0.2, 0) is 29.4 Å². The lowest BCUT2D eigenvalue weighted by Gasteiger charge is -2.05. The SMILES string of the molecule is CCc1ccc2c(CC(=O)OCC(=O)c3cc(C)n(C)c3C)coc2c1. The minimum atomic E-state index is -0.439. The van der Waals surface area contributed by atoms with E-state index in [9.17, 15) is 9.59 Å². The molecular formula is C21H23NO4. The van der Waals surface area contributed by atoms with Gasteiger partial charge in [0.2, 0.25) is 5.78 Å². The molecule has 1 aromatic carbocycles. The second-order valence-corrected chi connectivity index (χ2v) is 6.55. The zero-order valence-electron chi connectivity index (χ0n) is 15.6. The maximum absolute atomic E-state index is 12.3. The molecule has 2 heterocycles. The van der Waals surface area contributed by atoms with Crippen molar-refractivity contribution in [3.8, 4) is 0 Å². The van der Waals surface area contributed by atoms with Gasteiger partial charge in [-0.05, 0) is 38.0 Å². The van der Waals surface area contributed by atoms with Crippen molar-refractivity contribution in [2.75, 3.05) is 6.61 Å². The summed E-state index contributed by atoms with van der Waals surface area (Å²) in [5.74, 6) is -0.630. The lowest BCUT2D eigenvalue weighted by Crippen LogP contribution is -2.16. The number of carbonyl (C=O) groups is 2. The van der Waals surface area contributed by atoms with Crippen LogP contribution < -0.4 is 0 Å². The van der Waals surface area contributed by atoms with Gasteiger partial charge in [0.1, 0.15) is 5.58 Å². The normalized spacial score (nSPS) is 11.1. The summed E-state index contributed by atoms with van der Waals surface area (Å²) in [4.78, 5) is 24.5. The lowest BCUT2D eigenvalue weighted by atomic mass is 10.1. The fourth-order valence-electron chi connectivity index (χ4n) is 3.05. The van der Waals surface area contributed by atoms with E-state index in [1.165, 1.54) is 5.56 Å². The van der Waals surface area contributed by atoms with Crippen LogP contribution in [0.2, 0.25) is 0 Å². The number of benzene rings is 1. The van der Waals surface area contributed by atoms with Crippen molar-refractivity contribution < 1.29 is 18.7 Å². The molecule has 2 aromatic heterocycles. The van der Waals surface area contributed by atoms with Crippen LogP contribution in [0.1, 0.15) is 39.8 Å². The second-order valence-electron chi connectivity index (χ2n) is 6.55. The summed E-state index contributed by atoms with van der Waals surface area (Å²) in [5.41, 5.74) is 5.17. The number of fused-ring (bicyclic) bond motifs is 1. The Kier molecular flexibility index (Phi) is 4.98.